The Morgan fingerprint density at radius 3 is 2.71 bits per heavy atom. The van der Waals surface area contributed by atoms with E-state index in [1.54, 1.807) is 0 Å². The van der Waals surface area contributed by atoms with Gasteiger partial charge in [0, 0.05) is 10.6 Å². The van der Waals surface area contributed by atoms with Crippen molar-refractivity contribution in [3.05, 3.63) is 33.7 Å². The van der Waals surface area contributed by atoms with E-state index in [1.807, 2.05) is 0 Å². The first-order valence-corrected chi connectivity index (χ1v) is 7.69. The molecule has 1 aromatic carbocycles. The summed E-state index contributed by atoms with van der Waals surface area (Å²) in [5.41, 5.74) is 0.253. The highest BCUT2D eigenvalue weighted by Crippen LogP contribution is 2.34. The van der Waals surface area contributed by atoms with Crippen LogP contribution in [-0.4, -0.2) is 51.2 Å². The molecule has 1 aromatic rings. The average Bonchev–Trinajstić information content (AvgIpc) is 2.76. The fourth-order valence-corrected chi connectivity index (χ4v) is 2.80. The second-order valence-electron chi connectivity index (χ2n) is 4.64. The predicted octanol–water partition coefficient (Wildman–Crippen LogP) is 1.28. The molecule has 1 aliphatic rings. The number of imide groups is 1. The van der Waals surface area contributed by atoms with Crippen LogP contribution in [0, 0.1) is 0 Å². The highest BCUT2D eigenvalue weighted by atomic mass is 35.5. The highest BCUT2D eigenvalue weighted by Gasteiger charge is 2.36. The molecule has 0 unspecified atom stereocenters. The number of nitrogens with zero attached hydrogens (tertiary/aromatic N) is 1. The molecule has 2 rings (SSSR count). The van der Waals surface area contributed by atoms with Crippen molar-refractivity contribution in [2.24, 2.45) is 0 Å². The van der Waals surface area contributed by atoms with Gasteiger partial charge >= 0.3 is 5.97 Å². The summed E-state index contributed by atoms with van der Waals surface area (Å²) < 4.78 is 0. The maximum atomic E-state index is 12.2. The zero-order chi connectivity index (χ0) is 17.9. The zero-order valence-corrected chi connectivity index (χ0v) is 13.6. The number of carboxylic acid groups (broad SMARTS) is 1. The molecule has 0 aromatic heterocycles. The summed E-state index contributed by atoms with van der Waals surface area (Å²) in [5.74, 6) is -2.85. The molecule has 1 fully saturated rings. The lowest BCUT2D eigenvalue weighted by molar-refractivity contribution is -0.138. The van der Waals surface area contributed by atoms with Gasteiger partial charge in [0.1, 0.15) is 18.8 Å². The summed E-state index contributed by atoms with van der Waals surface area (Å²) in [6.45, 7) is -1.20. The van der Waals surface area contributed by atoms with Crippen LogP contribution in [0.2, 0.25) is 5.02 Å². The first kappa shape index (κ1) is 17.8. The smallest absolute Gasteiger partial charge is 0.322 e. The van der Waals surface area contributed by atoms with E-state index < -0.39 is 36.1 Å². The third kappa shape index (κ3) is 4.27. The molecule has 3 amide bonds. The molecule has 0 aliphatic carbocycles. The summed E-state index contributed by atoms with van der Waals surface area (Å²) in [7, 11) is 0. The van der Waals surface area contributed by atoms with Gasteiger partial charge in [0.15, 0.2) is 0 Å². The Morgan fingerprint density at radius 2 is 2.04 bits per heavy atom. The summed E-state index contributed by atoms with van der Waals surface area (Å²) in [6, 6.07) is 4.23. The molecule has 0 saturated carbocycles. The van der Waals surface area contributed by atoms with Crippen molar-refractivity contribution < 1.29 is 29.4 Å². The minimum atomic E-state index is -1.24. The van der Waals surface area contributed by atoms with Crippen LogP contribution in [0.4, 0.5) is 4.79 Å². The zero-order valence-electron chi connectivity index (χ0n) is 12.0. The molecule has 0 radical (unpaired) electrons. The monoisotopic (exact) mass is 370 g/mol. The van der Waals surface area contributed by atoms with Gasteiger partial charge < -0.3 is 15.5 Å². The number of aromatic hydroxyl groups is 1. The number of nitrogens with one attached hydrogen (secondary N) is 1. The minimum absolute atomic E-state index is 0.0172. The third-order valence-corrected chi connectivity index (χ3v) is 4.03. The number of halogens is 1. The Balaban J connectivity index is 2.13. The molecule has 1 heterocycles. The lowest BCUT2D eigenvalue weighted by Crippen LogP contribution is -2.41. The Bertz CT molecular complexity index is 764. The molecule has 126 valence electrons. The van der Waals surface area contributed by atoms with Crippen LogP contribution in [-0.2, 0) is 14.4 Å². The van der Waals surface area contributed by atoms with Crippen molar-refractivity contribution in [2.45, 2.75) is 0 Å². The van der Waals surface area contributed by atoms with Gasteiger partial charge in [0.25, 0.3) is 11.1 Å². The highest BCUT2D eigenvalue weighted by molar-refractivity contribution is 8.18. The maximum Gasteiger partial charge on any atom is 0.322 e. The molecule has 10 heteroatoms. The number of hydrogen-bond donors (Lipinski definition) is 3. The number of thioether (sulfide) groups is 1. The minimum Gasteiger partial charge on any atom is -0.507 e. The van der Waals surface area contributed by atoms with E-state index in [0.29, 0.717) is 21.7 Å². The predicted molar refractivity (Wildman–Crippen MR) is 86.4 cm³/mol. The van der Waals surface area contributed by atoms with E-state index in [0.717, 1.165) is 0 Å². The second kappa shape index (κ2) is 7.37. The number of phenols is 1. The van der Waals surface area contributed by atoms with Crippen molar-refractivity contribution in [2.75, 3.05) is 13.1 Å². The first-order valence-electron chi connectivity index (χ1n) is 6.50. The summed E-state index contributed by atoms with van der Waals surface area (Å²) in [4.78, 5) is 46.7. The number of carbonyl (C=O) groups is 4. The quantitative estimate of drug-likeness (QED) is 0.667. The van der Waals surface area contributed by atoms with Crippen molar-refractivity contribution >= 4 is 52.5 Å². The fourth-order valence-electron chi connectivity index (χ4n) is 1.79. The second-order valence-corrected chi connectivity index (χ2v) is 6.07. The van der Waals surface area contributed by atoms with E-state index in [2.05, 4.69) is 5.32 Å². The molecular formula is C14H11ClN2O6S. The Hall–Kier alpha value is -2.52. The van der Waals surface area contributed by atoms with Crippen LogP contribution in [0.25, 0.3) is 6.08 Å². The maximum absolute atomic E-state index is 12.2. The molecule has 0 spiro atoms. The van der Waals surface area contributed by atoms with Gasteiger partial charge in [-0.25, -0.2) is 0 Å². The van der Waals surface area contributed by atoms with E-state index in [1.165, 1.54) is 24.3 Å². The van der Waals surface area contributed by atoms with Crippen molar-refractivity contribution in [3.63, 3.8) is 0 Å². The molecule has 1 aliphatic heterocycles. The molecule has 0 atom stereocenters. The van der Waals surface area contributed by atoms with Crippen molar-refractivity contribution in [3.8, 4) is 5.75 Å². The Morgan fingerprint density at radius 1 is 1.33 bits per heavy atom. The lowest BCUT2D eigenvalue weighted by atomic mass is 10.2. The van der Waals surface area contributed by atoms with Crippen molar-refractivity contribution in [1.82, 2.24) is 10.2 Å². The van der Waals surface area contributed by atoms with Crippen LogP contribution >= 0.6 is 23.4 Å². The number of aliphatic carboxylic acids is 1. The summed E-state index contributed by atoms with van der Waals surface area (Å²) in [6.07, 6.45) is 1.29. The van der Waals surface area contributed by atoms with Gasteiger partial charge in [-0.15, -0.1) is 0 Å². The Kier molecular flexibility index (Phi) is 5.47. The van der Waals surface area contributed by atoms with Gasteiger partial charge in [-0.05, 0) is 36.0 Å². The van der Waals surface area contributed by atoms with Crippen LogP contribution in [0.5, 0.6) is 5.75 Å². The number of carboxylic acids is 1. The number of amides is 3. The first-order chi connectivity index (χ1) is 11.3. The normalized spacial score (nSPS) is 15.9. The van der Waals surface area contributed by atoms with Gasteiger partial charge in [-0.3, -0.25) is 24.1 Å². The SMILES string of the molecule is O=C(O)CNC(=O)CN1C(=O)S/C(=C\c2cc(Cl)ccc2O)C1=O. The van der Waals surface area contributed by atoms with Gasteiger partial charge in [0.2, 0.25) is 5.91 Å². The summed E-state index contributed by atoms with van der Waals surface area (Å²) >= 11 is 6.42. The largest absolute Gasteiger partial charge is 0.507 e. The molecule has 8 nitrogen and oxygen atoms in total. The van der Waals surface area contributed by atoms with E-state index in [4.69, 9.17) is 16.7 Å². The van der Waals surface area contributed by atoms with Crippen LogP contribution in [0.15, 0.2) is 23.1 Å². The summed E-state index contributed by atoms with van der Waals surface area (Å²) in [5, 5.41) is 19.9. The molecule has 24 heavy (non-hydrogen) atoms. The standard InChI is InChI=1S/C14H11ClN2O6S/c15-8-1-2-9(18)7(3-8)4-10-13(22)17(14(23)24-10)6-11(19)16-5-12(20)21/h1-4,18H,5-6H2,(H,16,19)(H,20,21)/b10-4-. The number of hydrogen-bond acceptors (Lipinski definition) is 6. The van der Waals surface area contributed by atoms with Crippen LogP contribution in [0.1, 0.15) is 5.56 Å². The topological polar surface area (TPSA) is 124 Å². The Labute approximate surface area is 145 Å². The average molecular weight is 371 g/mol. The van der Waals surface area contributed by atoms with Gasteiger partial charge in [-0.2, -0.15) is 0 Å². The van der Waals surface area contributed by atoms with E-state index >= 15 is 0 Å². The van der Waals surface area contributed by atoms with Crippen LogP contribution in [0.3, 0.4) is 0 Å². The van der Waals surface area contributed by atoms with Gasteiger partial charge in [-0.1, -0.05) is 11.6 Å². The van der Waals surface area contributed by atoms with Gasteiger partial charge in [0.05, 0.1) is 4.91 Å². The molecule has 0 bridgehead atoms. The van der Waals surface area contributed by atoms with Crippen molar-refractivity contribution in [1.29, 1.82) is 0 Å². The molecule has 1 saturated heterocycles. The number of phenolic OH excluding ortho intramolecular Hbond substituents is 1. The number of carbonyl (C=O) groups excluding carboxylic acids is 3. The molecular weight excluding hydrogens is 360 g/mol. The number of rotatable bonds is 5. The third-order valence-electron chi connectivity index (χ3n) is 2.89. The lowest BCUT2D eigenvalue weighted by Gasteiger charge is -2.11. The van der Waals surface area contributed by atoms with Crippen LogP contribution < -0.4 is 5.32 Å². The fraction of sp³-hybridized carbons (Fsp3) is 0.143. The van der Waals surface area contributed by atoms with E-state index in [-0.39, 0.29) is 16.2 Å². The van der Waals surface area contributed by atoms with E-state index in [9.17, 15) is 24.3 Å². The number of benzene rings is 1. The molecule has 3 N–H and O–H groups in total.